The van der Waals surface area contributed by atoms with Crippen LogP contribution in [-0.4, -0.2) is 42.1 Å². The van der Waals surface area contributed by atoms with E-state index in [4.69, 9.17) is 27.7 Å². The highest BCUT2D eigenvalue weighted by Gasteiger charge is 2.28. The lowest BCUT2D eigenvalue weighted by Gasteiger charge is -2.36. The summed E-state index contributed by atoms with van der Waals surface area (Å²) in [5.74, 6) is -0.0883. The standard InChI is InChI=1S/C16H17Cl2N3O2/c1-10-3-4-12(17)9-13(10)20-5-7-21(8-6-20)16(22)15-14(18)11(2)19-23-15/h3-4,9H,5-8H2,1-2H3. The van der Waals surface area contributed by atoms with Crippen LogP contribution >= 0.6 is 23.2 Å². The Balaban J connectivity index is 1.70. The second kappa shape index (κ2) is 6.42. The zero-order valence-electron chi connectivity index (χ0n) is 13.0. The van der Waals surface area contributed by atoms with E-state index < -0.39 is 0 Å². The monoisotopic (exact) mass is 353 g/mol. The smallest absolute Gasteiger partial charge is 0.294 e. The molecule has 2 heterocycles. The molecule has 7 heteroatoms. The van der Waals surface area contributed by atoms with Gasteiger partial charge in [-0.2, -0.15) is 0 Å². The Hall–Kier alpha value is -1.72. The maximum atomic E-state index is 12.5. The van der Waals surface area contributed by atoms with Gasteiger partial charge in [-0.3, -0.25) is 4.79 Å². The fraction of sp³-hybridized carbons (Fsp3) is 0.375. The van der Waals surface area contributed by atoms with Crippen molar-refractivity contribution in [1.82, 2.24) is 10.1 Å². The molecule has 1 saturated heterocycles. The van der Waals surface area contributed by atoms with E-state index in [1.54, 1.807) is 11.8 Å². The Morgan fingerprint density at radius 1 is 1.17 bits per heavy atom. The minimum Gasteiger partial charge on any atom is -0.368 e. The molecular weight excluding hydrogens is 337 g/mol. The lowest BCUT2D eigenvalue weighted by molar-refractivity contribution is 0.0705. The molecule has 0 atom stereocenters. The first-order valence-electron chi connectivity index (χ1n) is 7.39. The molecule has 0 bridgehead atoms. The van der Waals surface area contributed by atoms with Crippen LogP contribution in [0.4, 0.5) is 5.69 Å². The van der Waals surface area contributed by atoms with Gasteiger partial charge >= 0.3 is 0 Å². The number of benzene rings is 1. The second-order valence-corrected chi connectivity index (χ2v) is 6.44. The van der Waals surface area contributed by atoms with Crippen molar-refractivity contribution in [2.75, 3.05) is 31.1 Å². The molecule has 122 valence electrons. The summed E-state index contributed by atoms with van der Waals surface area (Å²) in [6.07, 6.45) is 0. The first kappa shape index (κ1) is 16.1. The van der Waals surface area contributed by atoms with Crippen LogP contribution in [0.3, 0.4) is 0 Å². The quantitative estimate of drug-likeness (QED) is 0.828. The molecule has 1 aliphatic rings. The highest BCUT2D eigenvalue weighted by molar-refractivity contribution is 6.34. The summed E-state index contributed by atoms with van der Waals surface area (Å²) in [5, 5.41) is 4.75. The van der Waals surface area contributed by atoms with Crippen molar-refractivity contribution < 1.29 is 9.32 Å². The van der Waals surface area contributed by atoms with Gasteiger partial charge in [-0.1, -0.05) is 34.4 Å². The summed E-state index contributed by atoms with van der Waals surface area (Å²) in [6, 6.07) is 5.85. The van der Waals surface area contributed by atoms with E-state index in [1.165, 1.54) is 5.56 Å². The SMILES string of the molecule is Cc1ccc(Cl)cc1N1CCN(C(=O)c2onc(C)c2Cl)CC1. The Morgan fingerprint density at radius 2 is 1.87 bits per heavy atom. The third-order valence-corrected chi connectivity index (χ3v) is 4.74. The third kappa shape index (κ3) is 3.16. The number of anilines is 1. The van der Waals surface area contributed by atoms with Gasteiger partial charge in [0.25, 0.3) is 5.91 Å². The average Bonchev–Trinajstić information content (AvgIpc) is 2.89. The number of carbonyl (C=O) groups excluding carboxylic acids is 1. The highest BCUT2D eigenvalue weighted by Crippen LogP contribution is 2.26. The molecule has 0 spiro atoms. The van der Waals surface area contributed by atoms with Gasteiger partial charge in [0.1, 0.15) is 5.02 Å². The molecule has 1 amide bonds. The van der Waals surface area contributed by atoms with Gasteiger partial charge in [-0.05, 0) is 31.5 Å². The Kier molecular flexibility index (Phi) is 4.50. The minimum absolute atomic E-state index is 0.122. The number of nitrogens with zero attached hydrogens (tertiary/aromatic N) is 3. The minimum atomic E-state index is -0.210. The molecule has 3 rings (SSSR count). The van der Waals surface area contributed by atoms with E-state index in [1.807, 2.05) is 18.2 Å². The van der Waals surface area contributed by atoms with Gasteiger partial charge in [0.15, 0.2) is 0 Å². The van der Waals surface area contributed by atoms with E-state index in [9.17, 15) is 4.79 Å². The van der Waals surface area contributed by atoms with Crippen LogP contribution < -0.4 is 4.90 Å². The number of amides is 1. The van der Waals surface area contributed by atoms with Gasteiger partial charge in [-0.25, -0.2) is 0 Å². The van der Waals surface area contributed by atoms with E-state index >= 15 is 0 Å². The molecule has 1 aliphatic heterocycles. The third-order valence-electron chi connectivity index (χ3n) is 4.06. The lowest BCUT2D eigenvalue weighted by atomic mass is 10.1. The van der Waals surface area contributed by atoms with Crippen LogP contribution in [0.5, 0.6) is 0 Å². The zero-order chi connectivity index (χ0) is 16.6. The summed E-state index contributed by atoms with van der Waals surface area (Å²) in [6.45, 7) is 6.43. The van der Waals surface area contributed by atoms with Crippen LogP contribution in [0.25, 0.3) is 0 Å². The maximum absolute atomic E-state index is 12.5. The van der Waals surface area contributed by atoms with Crippen molar-refractivity contribution in [2.24, 2.45) is 0 Å². The first-order chi connectivity index (χ1) is 11.0. The summed E-state index contributed by atoms with van der Waals surface area (Å²) >= 11 is 12.1. The molecule has 1 aromatic carbocycles. The Bertz CT molecular complexity index is 737. The molecule has 1 aromatic heterocycles. The van der Waals surface area contributed by atoms with Crippen molar-refractivity contribution in [3.63, 3.8) is 0 Å². The second-order valence-electron chi connectivity index (χ2n) is 5.62. The van der Waals surface area contributed by atoms with Gasteiger partial charge in [0.05, 0.1) is 5.69 Å². The molecule has 0 aliphatic carbocycles. The molecular formula is C16H17Cl2N3O2. The van der Waals surface area contributed by atoms with Gasteiger partial charge < -0.3 is 14.3 Å². The van der Waals surface area contributed by atoms with Crippen LogP contribution in [-0.2, 0) is 0 Å². The Morgan fingerprint density at radius 3 is 2.48 bits per heavy atom. The van der Waals surface area contributed by atoms with Gasteiger partial charge in [0, 0.05) is 36.9 Å². The molecule has 0 unspecified atom stereocenters. The topological polar surface area (TPSA) is 49.6 Å². The first-order valence-corrected chi connectivity index (χ1v) is 8.15. The number of hydrogen-bond donors (Lipinski definition) is 0. The summed E-state index contributed by atoms with van der Waals surface area (Å²) in [4.78, 5) is 16.4. The molecule has 0 N–H and O–H groups in total. The number of aromatic nitrogens is 1. The van der Waals surface area contributed by atoms with E-state index in [2.05, 4.69) is 17.0 Å². The number of aryl methyl sites for hydroxylation is 2. The maximum Gasteiger partial charge on any atom is 0.294 e. The van der Waals surface area contributed by atoms with Gasteiger partial charge in [0.2, 0.25) is 5.76 Å². The van der Waals surface area contributed by atoms with Gasteiger partial charge in [-0.15, -0.1) is 0 Å². The van der Waals surface area contributed by atoms with E-state index in [0.29, 0.717) is 28.8 Å². The van der Waals surface area contributed by atoms with Crippen molar-refractivity contribution in [3.8, 4) is 0 Å². The average molecular weight is 354 g/mol. The van der Waals surface area contributed by atoms with Crippen LogP contribution in [0.2, 0.25) is 10.0 Å². The van der Waals surface area contributed by atoms with Crippen molar-refractivity contribution in [3.05, 3.63) is 45.3 Å². The fourth-order valence-electron chi connectivity index (χ4n) is 2.71. The zero-order valence-corrected chi connectivity index (χ0v) is 14.5. The predicted octanol–water partition coefficient (Wildman–Crippen LogP) is 3.56. The molecule has 1 fully saturated rings. The van der Waals surface area contributed by atoms with Crippen LogP contribution in [0.1, 0.15) is 21.8 Å². The molecule has 0 saturated carbocycles. The molecule has 23 heavy (non-hydrogen) atoms. The van der Waals surface area contributed by atoms with E-state index in [0.717, 1.165) is 18.8 Å². The number of piperazine rings is 1. The highest BCUT2D eigenvalue weighted by atomic mass is 35.5. The van der Waals surface area contributed by atoms with Crippen LogP contribution in [0.15, 0.2) is 22.7 Å². The van der Waals surface area contributed by atoms with Crippen LogP contribution in [0, 0.1) is 13.8 Å². The molecule has 0 radical (unpaired) electrons. The number of halogens is 2. The van der Waals surface area contributed by atoms with E-state index in [-0.39, 0.29) is 11.7 Å². The van der Waals surface area contributed by atoms with Crippen molar-refractivity contribution in [1.29, 1.82) is 0 Å². The molecule has 5 nitrogen and oxygen atoms in total. The largest absolute Gasteiger partial charge is 0.368 e. The fourth-order valence-corrected chi connectivity index (χ4v) is 3.02. The lowest BCUT2D eigenvalue weighted by Crippen LogP contribution is -2.49. The Labute approximate surface area is 144 Å². The number of rotatable bonds is 2. The summed E-state index contributed by atoms with van der Waals surface area (Å²) < 4.78 is 5.05. The number of carbonyl (C=O) groups is 1. The van der Waals surface area contributed by atoms with Crippen molar-refractivity contribution >= 4 is 34.8 Å². The molecule has 2 aromatic rings. The van der Waals surface area contributed by atoms with Crippen molar-refractivity contribution in [2.45, 2.75) is 13.8 Å². The number of hydrogen-bond acceptors (Lipinski definition) is 4. The summed E-state index contributed by atoms with van der Waals surface area (Å²) in [5.41, 5.74) is 2.81. The predicted molar refractivity (Wildman–Crippen MR) is 90.6 cm³/mol. The normalized spacial score (nSPS) is 15.1. The summed E-state index contributed by atoms with van der Waals surface area (Å²) in [7, 11) is 0.